The quantitative estimate of drug-likeness (QED) is 0.779. The molecule has 24 heavy (non-hydrogen) atoms. The van der Waals surface area contributed by atoms with E-state index < -0.39 is 0 Å². The van der Waals surface area contributed by atoms with Crippen molar-refractivity contribution in [3.63, 3.8) is 0 Å². The molecule has 128 valence electrons. The Hall–Kier alpha value is -2.63. The summed E-state index contributed by atoms with van der Waals surface area (Å²) >= 11 is 0. The molecule has 1 amide bonds. The fraction of sp³-hybridized carbons (Fsp3) is 0.389. The van der Waals surface area contributed by atoms with Gasteiger partial charge in [0.25, 0.3) is 5.91 Å². The number of benzene rings is 1. The van der Waals surface area contributed by atoms with E-state index in [9.17, 15) is 4.79 Å². The van der Waals surface area contributed by atoms with Crippen LogP contribution in [0.2, 0.25) is 0 Å². The van der Waals surface area contributed by atoms with Crippen molar-refractivity contribution in [2.45, 2.75) is 20.3 Å². The van der Waals surface area contributed by atoms with E-state index in [0.717, 1.165) is 18.7 Å². The van der Waals surface area contributed by atoms with Crippen molar-refractivity contribution in [1.82, 2.24) is 15.3 Å². The van der Waals surface area contributed by atoms with E-state index in [1.165, 1.54) is 11.8 Å². The number of nitrogens with zero attached hydrogens (tertiary/aromatic N) is 2. The zero-order valence-corrected chi connectivity index (χ0v) is 14.4. The normalized spacial score (nSPS) is 10.5. The van der Waals surface area contributed by atoms with Crippen LogP contribution in [0.15, 0.2) is 36.7 Å². The number of nitrogens with one attached hydrogen (secondary N) is 2. The second-order valence-electron chi connectivity index (χ2n) is 5.92. The highest BCUT2D eigenvalue weighted by Gasteiger charge is 2.08. The standard InChI is InChI=1S/C18H24N4O2/c1-13(2)10-22-18(23)16-11-21-17(12-20-16)19-9-8-14-4-6-15(24-3)7-5-14/h4-7,11-13H,8-10H2,1-3H3,(H,19,21)(H,22,23). The Labute approximate surface area is 142 Å². The molecule has 1 aromatic heterocycles. The predicted octanol–water partition coefficient (Wildman–Crippen LogP) is 2.53. The lowest BCUT2D eigenvalue weighted by Gasteiger charge is -2.08. The van der Waals surface area contributed by atoms with E-state index in [0.29, 0.717) is 24.0 Å². The summed E-state index contributed by atoms with van der Waals surface area (Å²) < 4.78 is 5.14. The van der Waals surface area contributed by atoms with Crippen LogP contribution >= 0.6 is 0 Å². The minimum atomic E-state index is -0.194. The number of hydrogen-bond donors (Lipinski definition) is 2. The summed E-state index contributed by atoms with van der Waals surface area (Å²) in [6.45, 7) is 5.45. The van der Waals surface area contributed by atoms with Gasteiger partial charge in [0.05, 0.1) is 19.5 Å². The third kappa shape index (κ3) is 5.53. The Morgan fingerprint density at radius 2 is 1.92 bits per heavy atom. The zero-order chi connectivity index (χ0) is 17.4. The van der Waals surface area contributed by atoms with Gasteiger partial charge < -0.3 is 15.4 Å². The highest BCUT2D eigenvalue weighted by molar-refractivity contribution is 5.91. The molecule has 6 heteroatoms. The van der Waals surface area contributed by atoms with E-state index >= 15 is 0 Å². The van der Waals surface area contributed by atoms with Gasteiger partial charge >= 0.3 is 0 Å². The van der Waals surface area contributed by atoms with Crippen LogP contribution in [0.5, 0.6) is 5.75 Å². The molecule has 0 spiro atoms. The van der Waals surface area contributed by atoms with Gasteiger partial charge in [-0.05, 0) is 30.0 Å². The van der Waals surface area contributed by atoms with Crippen LogP contribution in [-0.2, 0) is 6.42 Å². The summed E-state index contributed by atoms with van der Waals surface area (Å²) in [6, 6.07) is 7.96. The average Bonchev–Trinajstić information content (AvgIpc) is 2.61. The van der Waals surface area contributed by atoms with Gasteiger partial charge in [0.2, 0.25) is 0 Å². The first-order valence-electron chi connectivity index (χ1n) is 8.05. The number of carbonyl (C=O) groups excluding carboxylic acids is 1. The largest absolute Gasteiger partial charge is 0.497 e. The minimum Gasteiger partial charge on any atom is -0.497 e. The Morgan fingerprint density at radius 1 is 1.17 bits per heavy atom. The summed E-state index contributed by atoms with van der Waals surface area (Å²) in [5, 5.41) is 6.02. The van der Waals surface area contributed by atoms with Gasteiger partial charge in [-0.3, -0.25) is 4.79 Å². The van der Waals surface area contributed by atoms with Crippen LogP contribution in [0.1, 0.15) is 29.9 Å². The molecule has 0 aliphatic heterocycles. The molecular formula is C18H24N4O2. The Balaban J connectivity index is 1.79. The second-order valence-corrected chi connectivity index (χ2v) is 5.92. The van der Waals surface area contributed by atoms with Gasteiger partial charge in [-0.15, -0.1) is 0 Å². The average molecular weight is 328 g/mol. The maximum absolute atomic E-state index is 11.9. The fourth-order valence-corrected chi connectivity index (χ4v) is 2.05. The smallest absolute Gasteiger partial charge is 0.271 e. The van der Waals surface area contributed by atoms with Crippen LogP contribution in [0.4, 0.5) is 5.82 Å². The van der Waals surface area contributed by atoms with E-state index in [1.54, 1.807) is 13.3 Å². The number of ether oxygens (including phenoxy) is 1. The van der Waals surface area contributed by atoms with E-state index in [4.69, 9.17) is 4.74 Å². The monoisotopic (exact) mass is 328 g/mol. The highest BCUT2D eigenvalue weighted by Crippen LogP contribution is 2.11. The lowest BCUT2D eigenvalue weighted by Crippen LogP contribution is -2.28. The topological polar surface area (TPSA) is 76.1 Å². The molecule has 0 saturated heterocycles. The number of hydrogen-bond acceptors (Lipinski definition) is 5. The van der Waals surface area contributed by atoms with Crippen LogP contribution in [0, 0.1) is 5.92 Å². The lowest BCUT2D eigenvalue weighted by molar-refractivity contribution is 0.0943. The second kappa shape index (κ2) is 8.86. The SMILES string of the molecule is COc1ccc(CCNc2cnc(C(=O)NCC(C)C)cn2)cc1. The zero-order valence-electron chi connectivity index (χ0n) is 14.4. The summed E-state index contributed by atoms with van der Waals surface area (Å²) in [7, 11) is 1.65. The molecule has 2 aromatic rings. The molecule has 0 fully saturated rings. The molecule has 2 N–H and O–H groups in total. The molecule has 1 heterocycles. The van der Waals surface area contributed by atoms with Gasteiger partial charge in [0.1, 0.15) is 17.3 Å². The van der Waals surface area contributed by atoms with Crippen molar-refractivity contribution in [2.75, 3.05) is 25.5 Å². The molecule has 2 rings (SSSR count). The number of methoxy groups -OCH3 is 1. The van der Waals surface area contributed by atoms with E-state index in [2.05, 4.69) is 20.6 Å². The summed E-state index contributed by atoms with van der Waals surface area (Å²) in [5.74, 6) is 1.72. The minimum absolute atomic E-state index is 0.194. The van der Waals surface area contributed by atoms with Crippen LogP contribution in [0.25, 0.3) is 0 Å². The number of rotatable bonds is 8. The van der Waals surface area contributed by atoms with E-state index in [-0.39, 0.29) is 5.91 Å². The first-order chi connectivity index (χ1) is 11.6. The third-order valence-corrected chi connectivity index (χ3v) is 3.43. The van der Waals surface area contributed by atoms with Gasteiger partial charge in [-0.2, -0.15) is 0 Å². The lowest BCUT2D eigenvalue weighted by atomic mass is 10.1. The summed E-state index contributed by atoms with van der Waals surface area (Å²) in [4.78, 5) is 20.2. The Bertz CT molecular complexity index is 639. The molecule has 0 unspecified atom stereocenters. The summed E-state index contributed by atoms with van der Waals surface area (Å²) in [5.41, 5.74) is 1.54. The number of amides is 1. The number of carbonyl (C=O) groups is 1. The maximum Gasteiger partial charge on any atom is 0.271 e. The number of anilines is 1. The van der Waals surface area contributed by atoms with Crippen molar-refractivity contribution in [3.05, 3.63) is 47.9 Å². The molecule has 6 nitrogen and oxygen atoms in total. The molecule has 0 saturated carbocycles. The Kier molecular flexibility index (Phi) is 6.54. The molecule has 0 aliphatic rings. The molecular weight excluding hydrogens is 304 g/mol. The van der Waals surface area contributed by atoms with Gasteiger partial charge in [0, 0.05) is 13.1 Å². The summed E-state index contributed by atoms with van der Waals surface area (Å²) in [6.07, 6.45) is 3.94. The molecule has 0 atom stereocenters. The Morgan fingerprint density at radius 3 is 2.50 bits per heavy atom. The highest BCUT2D eigenvalue weighted by atomic mass is 16.5. The third-order valence-electron chi connectivity index (χ3n) is 3.43. The fourth-order valence-electron chi connectivity index (χ4n) is 2.05. The van der Waals surface area contributed by atoms with Crippen LogP contribution < -0.4 is 15.4 Å². The molecule has 0 aliphatic carbocycles. The maximum atomic E-state index is 11.9. The predicted molar refractivity (Wildman–Crippen MR) is 94.4 cm³/mol. The first kappa shape index (κ1) is 17.7. The van der Waals surface area contributed by atoms with Crippen molar-refractivity contribution in [2.24, 2.45) is 5.92 Å². The van der Waals surface area contributed by atoms with Gasteiger partial charge in [0.15, 0.2) is 0 Å². The van der Waals surface area contributed by atoms with E-state index in [1.807, 2.05) is 38.1 Å². The van der Waals surface area contributed by atoms with Crippen LogP contribution in [-0.4, -0.2) is 36.1 Å². The van der Waals surface area contributed by atoms with Gasteiger partial charge in [-0.25, -0.2) is 9.97 Å². The van der Waals surface area contributed by atoms with Crippen molar-refractivity contribution in [1.29, 1.82) is 0 Å². The molecule has 0 radical (unpaired) electrons. The van der Waals surface area contributed by atoms with Crippen LogP contribution in [0.3, 0.4) is 0 Å². The van der Waals surface area contributed by atoms with Crippen molar-refractivity contribution >= 4 is 11.7 Å². The van der Waals surface area contributed by atoms with Crippen molar-refractivity contribution in [3.8, 4) is 5.75 Å². The van der Waals surface area contributed by atoms with Gasteiger partial charge in [-0.1, -0.05) is 26.0 Å². The molecule has 0 bridgehead atoms. The number of aromatic nitrogens is 2. The first-order valence-corrected chi connectivity index (χ1v) is 8.05. The molecule has 1 aromatic carbocycles. The van der Waals surface area contributed by atoms with Crippen molar-refractivity contribution < 1.29 is 9.53 Å².